The van der Waals surface area contributed by atoms with Crippen molar-refractivity contribution < 1.29 is 0 Å². The van der Waals surface area contributed by atoms with Crippen molar-refractivity contribution in [3.63, 3.8) is 0 Å². The van der Waals surface area contributed by atoms with Crippen LogP contribution >= 0.6 is 0 Å². The minimum absolute atomic E-state index is 0.0559. The molecule has 1 aromatic carbocycles. The van der Waals surface area contributed by atoms with Crippen molar-refractivity contribution in [1.29, 1.82) is 0 Å². The molecule has 0 aliphatic heterocycles. The predicted molar refractivity (Wildman–Crippen MR) is 62.3 cm³/mol. The highest BCUT2D eigenvalue weighted by Gasteiger charge is 2.06. The number of nitrogens with zero attached hydrogens (tertiary/aromatic N) is 1. The molecule has 0 spiro atoms. The Morgan fingerprint density at radius 1 is 1.13 bits per heavy atom. The maximum atomic E-state index is 5.95. The molecule has 2 aromatic rings. The van der Waals surface area contributed by atoms with E-state index in [0.717, 1.165) is 23.0 Å². The van der Waals surface area contributed by atoms with E-state index < -0.39 is 0 Å². The molecule has 1 heterocycles. The third-order valence-electron chi connectivity index (χ3n) is 2.48. The molecular weight excluding hydrogens is 186 g/mol. The van der Waals surface area contributed by atoms with Gasteiger partial charge in [0.2, 0.25) is 0 Å². The third kappa shape index (κ3) is 2.14. The summed E-state index contributed by atoms with van der Waals surface area (Å²) in [5.41, 5.74) is 13.3. The highest BCUT2D eigenvalue weighted by atomic mass is 14.8. The quantitative estimate of drug-likeness (QED) is 0.792. The van der Waals surface area contributed by atoms with Gasteiger partial charge in [-0.1, -0.05) is 24.3 Å². The number of pyridine rings is 1. The van der Waals surface area contributed by atoms with E-state index in [0.29, 0.717) is 6.54 Å². The minimum Gasteiger partial charge on any atom is -0.330 e. The molecule has 4 N–H and O–H groups in total. The van der Waals surface area contributed by atoms with Crippen molar-refractivity contribution in [2.45, 2.75) is 12.5 Å². The van der Waals surface area contributed by atoms with E-state index in [1.807, 2.05) is 36.4 Å². The van der Waals surface area contributed by atoms with Crippen LogP contribution in [0.25, 0.3) is 10.9 Å². The lowest BCUT2D eigenvalue weighted by molar-refractivity contribution is 0.645. The fourth-order valence-corrected chi connectivity index (χ4v) is 1.62. The molecular formula is C12H15N3. The largest absolute Gasteiger partial charge is 0.330 e. The van der Waals surface area contributed by atoms with Gasteiger partial charge in [0, 0.05) is 11.4 Å². The first-order valence-electron chi connectivity index (χ1n) is 5.12. The third-order valence-corrected chi connectivity index (χ3v) is 2.48. The molecule has 3 heteroatoms. The van der Waals surface area contributed by atoms with Crippen LogP contribution in [0.1, 0.15) is 18.2 Å². The van der Waals surface area contributed by atoms with E-state index in [2.05, 4.69) is 4.98 Å². The van der Waals surface area contributed by atoms with E-state index in [-0.39, 0.29) is 6.04 Å². The van der Waals surface area contributed by atoms with Crippen molar-refractivity contribution in [2.75, 3.05) is 6.54 Å². The van der Waals surface area contributed by atoms with Gasteiger partial charge in [-0.05, 0) is 25.1 Å². The van der Waals surface area contributed by atoms with Crippen LogP contribution in [-0.2, 0) is 0 Å². The number of benzene rings is 1. The van der Waals surface area contributed by atoms with Gasteiger partial charge in [-0.15, -0.1) is 0 Å². The SMILES string of the molecule is NCCC(N)c1ccc2ccccc2n1. The Balaban J connectivity index is 2.38. The monoisotopic (exact) mass is 201 g/mol. The lowest BCUT2D eigenvalue weighted by Gasteiger charge is -2.10. The second-order valence-corrected chi connectivity index (χ2v) is 3.61. The molecule has 15 heavy (non-hydrogen) atoms. The number of para-hydroxylation sites is 1. The molecule has 0 aliphatic rings. The van der Waals surface area contributed by atoms with Crippen LogP contribution in [0.15, 0.2) is 36.4 Å². The Morgan fingerprint density at radius 3 is 2.73 bits per heavy atom. The lowest BCUT2D eigenvalue weighted by Crippen LogP contribution is -2.16. The molecule has 0 fully saturated rings. The number of rotatable bonds is 3. The Labute approximate surface area is 89.1 Å². The first kappa shape index (κ1) is 10.1. The van der Waals surface area contributed by atoms with E-state index in [9.17, 15) is 0 Å². The molecule has 0 saturated heterocycles. The molecule has 78 valence electrons. The summed E-state index contributed by atoms with van der Waals surface area (Å²) in [4.78, 5) is 4.51. The predicted octanol–water partition coefficient (Wildman–Crippen LogP) is 1.58. The van der Waals surface area contributed by atoms with E-state index in [1.165, 1.54) is 0 Å². The van der Waals surface area contributed by atoms with Gasteiger partial charge in [-0.25, -0.2) is 0 Å². The summed E-state index contributed by atoms with van der Waals surface area (Å²) in [7, 11) is 0. The van der Waals surface area contributed by atoms with Gasteiger partial charge in [0.1, 0.15) is 0 Å². The van der Waals surface area contributed by atoms with Crippen LogP contribution < -0.4 is 11.5 Å². The van der Waals surface area contributed by atoms with Gasteiger partial charge in [0.25, 0.3) is 0 Å². The summed E-state index contributed by atoms with van der Waals surface area (Å²) in [5.74, 6) is 0. The fourth-order valence-electron chi connectivity index (χ4n) is 1.62. The summed E-state index contributed by atoms with van der Waals surface area (Å²) < 4.78 is 0. The fraction of sp³-hybridized carbons (Fsp3) is 0.250. The van der Waals surface area contributed by atoms with Crippen LogP contribution in [0.4, 0.5) is 0 Å². The normalized spacial score (nSPS) is 12.9. The topological polar surface area (TPSA) is 64.9 Å². The van der Waals surface area contributed by atoms with Gasteiger partial charge in [0.05, 0.1) is 11.2 Å². The Morgan fingerprint density at radius 2 is 1.93 bits per heavy atom. The van der Waals surface area contributed by atoms with E-state index in [1.54, 1.807) is 0 Å². The molecule has 0 saturated carbocycles. The summed E-state index contributed by atoms with van der Waals surface area (Å²) in [6.07, 6.45) is 0.769. The van der Waals surface area contributed by atoms with Gasteiger partial charge in [-0.2, -0.15) is 0 Å². The Bertz CT molecular complexity index is 453. The Hall–Kier alpha value is -1.45. The molecule has 3 nitrogen and oxygen atoms in total. The summed E-state index contributed by atoms with van der Waals surface area (Å²) >= 11 is 0. The number of nitrogens with two attached hydrogens (primary N) is 2. The maximum Gasteiger partial charge on any atom is 0.0706 e. The summed E-state index contributed by atoms with van der Waals surface area (Å²) in [5, 5.41) is 1.14. The van der Waals surface area contributed by atoms with Crippen LogP contribution in [0, 0.1) is 0 Å². The lowest BCUT2D eigenvalue weighted by atomic mass is 10.1. The van der Waals surface area contributed by atoms with E-state index >= 15 is 0 Å². The van der Waals surface area contributed by atoms with E-state index in [4.69, 9.17) is 11.5 Å². The number of hydrogen-bond acceptors (Lipinski definition) is 3. The first-order chi connectivity index (χ1) is 7.31. The highest BCUT2D eigenvalue weighted by Crippen LogP contribution is 2.16. The number of fused-ring (bicyclic) bond motifs is 1. The van der Waals surface area contributed by atoms with Crippen LogP contribution in [0.5, 0.6) is 0 Å². The van der Waals surface area contributed by atoms with Gasteiger partial charge in [-0.3, -0.25) is 4.98 Å². The standard InChI is InChI=1S/C12H15N3/c13-8-7-10(14)12-6-5-9-3-1-2-4-11(9)15-12/h1-6,10H,7-8,13-14H2. The molecule has 0 amide bonds. The number of aromatic nitrogens is 1. The van der Waals surface area contributed by atoms with Crippen molar-refractivity contribution >= 4 is 10.9 Å². The second-order valence-electron chi connectivity index (χ2n) is 3.61. The minimum atomic E-state index is -0.0559. The molecule has 0 aliphatic carbocycles. The molecule has 0 radical (unpaired) electrons. The zero-order valence-electron chi connectivity index (χ0n) is 8.56. The second kappa shape index (κ2) is 4.38. The molecule has 0 bridgehead atoms. The zero-order chi connectivity index (χ0) is 10.7. The highest BCUT2D eigenvalue weighted by molar-refractivity contribution is 5.78. The Kier molecular flexibility index (Phi) is 2.94. The van der Waals surface area contributed by atoms with Crippen LogP contribution in [0.3, 0.4) is 0 Å². The van der Waals surface area contributed by atoms with Gasteiger partial charge < -0.3 is 11.5 Å². The van der Waals surface area contributed by atoms with Crippen molar-refractivity contribution in [3.05, 3.63) is 42.1 Å². The summed E-state index contributed by atoms with van der Waals surface area (Å²) in [6, 6.07) is 12.0. The summed E-state index contributed by atoms with van der Waals surface area (Å²) in [6.45, 7) is 0.593. The van der Waals surface area contributed by atoms with Gasteiger partial charge in [0.15, 0.2) is 0 Å². The van der Waals surface area contributed by atoms with Gasteiger partial charge >= 0.3 is 0 Å². The maximum absolute atomic E-state index is 5.95. The van der Waals surface area contributed by atoms with Crippen molar-refractivity contribution in [2.24, 2.45) is 11.5 Å². The van der Waals surface area contributed by atoms with Crippen LogP contribution in [-0.4, -0.2) is 11.5 Å². The molecule has 1 aromatic heterocycles. The smallest absolute Gasteiger partial charge is 0.0706 e. The zero-order valence-corrected chi connectivity index (χ0v) is 8.56. The molecule has 1 atom stereocenters. The average Bonchev–Trinajstić information content (AvgIpc) is 2.29. The molecule has 2 rings (SSSR count). The van der Waals surface area contributed by atoms with Crippen molar-refractivity contribution in [1.82, 2.24) is 4.98 Å². The average molecular weight is 201 g/mol. The first-order valence-corrected chi connectivity index (χ1v) is 5.12. The van der Waals surface area contributed by atoms with Crippen LogP contribution in [0.2, 0.25) is 0 Å². The number of hydrogen-bond donors (Lipinski definition) is 2. The molecule has 1 unspecified atom stereocenters. The van der Waals surface area contributed by atoms with Crippen molar-refractivity contribution in [3.8, 4) is 0 Å².